The van der Waals surface area contributed by atoms with E-state index in [1.807, 2.05) is 15.9 Å². The second kappa shape index (κ2) is 11.0. The van der Waals surface area contributed by atoms with Gasteiger partial charge in [-0.05, 0) is 36.2 Å². The SMILES string of the molecule is COc1ccc(CN2C(=O)CCC(n3c(=O)n(C)c4c(N5CC(F)(CN6CCN(C(=O)O)CC6)C5)cccc43)C2=O)cc1. The Morgan fingerprint density at radius 3 is 2.40 bits per heavy atom. The minimum Gasteiger partial charge on any atom is -0.497 e. The summed E-state index contributed by atoms with van der Waals surface area (Å²) in [5.74, 6) is -0.0427. The van der Waals surface area contributed by atoms with Gasteiger partial charge in [0.25, 0.3) is 5.91 Å². The van der Waals surface area contributed by atoms with Crippen LogP contribution in [0.2, 0.25) is 0 Å². The van der Waals surface area contributed by atoms with Crippen LogP contribution in [-0.2, 0) is 23.2 Å². The molecule has 0 saturated carbocycles. The van der Waals surface area contributed by atoms with Crippen LogP contribution in [-0.4, -0.2) is 105 Å². The number of carboxylic acid groups (broad SMARTS) is 1. The maximum absolute atomic E-state index is 15.7. The summed E-state index contributed by atoms with van der Waals surface area (Å²) >= 11 is 0. The zero-order valence-corrected chi connectivity index (χ0v) is 24.2. The Bertz CT molecular complexity index is 1620. The molecule has 0 spiro atoms. The number of carbonyl (C=O) groups is 3. The first-order valence-electron chi connectivity index (χ1n) is 14.4. The largest absolute Gasteiger partial charge is 0.497 e. The summed E-state index contributed by atoms with van der Waals surface area (Å²) in [7, 11) is 3.21. The number of rotatable bonds is 7. The van der Waals surface area contributed by atoms with Gasteiger partial charge in [0.2, 0.25) is 5.91 Å². The molecule has 0 bridgehead atoms. The Kier molecular flexibility index (Phi) is 7.36. The Labute approximate surface area is 247 Å². The number of methoxy groups -OCH3 is 1. The summed E-state index contributed by atoms with van der Waals surface area (Å²) in [5, 5.41) is 9.16. The third-order valence-electron chi connectivity index (χ3n) is 8.82. The van der Waals surface area contributed by atoms with Gasteiger partial charge in [0.15, 0.2) is 5.67 Å². The van der Waals surface area contributed by atoms with Crippen molar-refractivity contribution in [1.82, 2.24) is 23.8 Å². The highest BCUT2D eigenvalue weighted by atomic mass is 19.1. The second-order valence-electron chi connectivity index (χ2n) is 11.6. The van der Waals surface area contributed by atoms with E-state index in [0.717, 1.165) is 5.56 Å². The summed E-state index contributed by atoms with van der Waals surface area (Å²) in [6, 6.07) is 11.7. The lowest BCUT2D eigenvalue weighted by molar-refractivity contribution is -0.151. The van der Waals surface area contributed by atoms with Crippen LogP contribution in [0.15, 0.2) is 47.3 Å². The van der Waals surface area contributed by atoms with Crippen LogP contribution in [0.25, 0.3) is 11.0 Å². The third-order valence-corrected chi connectivity index (χ3v) is 8.82. The van der Waals surface area contributed by atoms with Crippen molar-refractivity contribution in [3.63, 3.8) is 0 Å². The lowest BCUT2D eigenvalue weighted by Gasteiger charge is -2.48. The number of nitrogens with zero attached hydrogens (tertiary/aromatic N) is 6. The highest BCUT2D eigenvalue weighted by Crippen LogP contribution is 2.37. The van der Waals surface area contributed by atoms with Crippen molar-refractivity contribution in [2.75, 3.05) is 57.8 Å². The molecule has 0 aliphatic carbocycles. The van der Waals surface area contributed by atoms with Crippen molar-refractivity contribution in [2.24, 2.45) is 7.05 Å². The molecule has 3 fully saturated rings. The topological polar surface area (TPSA) is 121 Å². The number of aryl methyl sites for hydroxylation is 1. The minimum atomic E-state index is -1.46. The van der Waals surface area contributed by atoms with Crippen LogP contribution >= 0.6 is 0 Å². The maximum Gasteiger partial charge on any atom is 0.407 e. The van der Waals surface area contributed by atoms with Gasteiger partial charge in [-0.1, -0.05) is 18.2 Å². The van der Waals surface area contributed by atoms with Crippen molar-refractivity contribution >= 4 is 34.6 Å². The van der Waals surface area contributed by atoms with E-state index < -0.39 is 23.7 Å². The average Bonchev–Trinajstić information content (AvgIpc) is 3.24. The van der Waals surface area contributed by atoms with E-state index in [1.54, 1.807) is 50.6 Å². The van der Waals surface area contributed by atoms with Crippen LogP contribution in [0.3, 0.4) is 0 Å². The molecule has 4 heterocycles. The molecular weight excluding hydrogens is 559 g/mol. The van der Waals surface area contributed by atoms with E-state index in [0.29, 0.717) is 48.6 Å². The fraction of sp³-hybridized carbons (Fsp3) is 0.467. The molecule has 2 aromatic carbocycles. The van der Waals surface area contributed by atoms with Gasteiger partial charge in [-0.3, -0.25) is 28.5 Å². The molecule has 3 aliphatic rings. The zero-order chi connectivity index (χ0) is 30.5. The number of likely N-dealkylation sites (tertiary alicyclic amines) is 1. The van der Waals surface area contributed by atoms with E-state index >= 15 is 4.39 Å². The van der Waals surface area contributed by atoms with Crippen LogP contribution < -0.4 is 15.3 Å². The number of fused-ring (bicyclic) bond motifs is 1. The number of hydrogen-bond acceptors (Lipinski definition) is 7. The molecule has 6 rings (SSSR count). The number of amides is 3. The van der Waals surface area contributed by atoms with Gasteiger partial charge < -0.3 is 19.6 Å². The average molecular weight is 595 g/mol. The van der Waals surface area contributed by atoms with Crippen LogP contribution in [0.4, 0.5) is 14.9 Å². The Morgan fingerprint density at radius 1 is 1.05 bits per heavy atom. The molecule has 1 unspecified atom stereocenters. The van der Waals surface area contributed by atoms with Gasteiger partial charge in [0, 0.05) is 46.2 Å². The van der Waals surface area contributed by atoms with Gasteiger partial charge in [0.1, 0.15) is 11.8 Å². The first-order valence-corrected chi connectivity index (χ1v) is 14.4. The summed E-state index contributed by atoms with van der Waals surface area (Å²) in [5.41, 5.74) is 0.805. The number of imidazole rings is 1. The number of imide groups is 1. The fourth-order valence-electron chi connectivity index (χ4n) is 6.52. The number of hydrogen-bond donors (Lipinski definition) is 1. The van der Waals surface area contributed by atoms with E-state index in [4.69, 9.17) is 9.84 Å². The number of anilines is 1. The van der Waals surface area contributed by atoms with Crippen molar-refractivity contribution < 1.29 is 28.6 Å². The number of benzene rings is 2. The molecule has 43 heavy (non-hydrogen) atoms. The van der Waals surface area contributed by atoms with Crippen molar-refractivity contribution in [3.05, 3.63) is 58.5 Å². The van der Waals surface area contributed by atoms with E-state index in [2.05, 4.69) is 0 Å². The number of aromatic nitrogens is 2. The first kappa shape index (κ1) is 28.7. The lowest BCUT2D eigenvalue weighted by Crippen LogP contribution is -2.65. The quantitative estimate of drug-likeness (QED) is 0.413. The fourth-order valence-corrected chi connectivity index (χ4v) is 6.52. The Morgan fingerprint density at radius 2 is 1.74 bits per heavy atom. The third kappa shape index (κ3) is 5.22. The molecule has 1 N–H and O–H groups in total. The molecule has 13 heteroatoms. The number of halogens is 1. The monoisotopic (exact) mass is 594 g/mol. The standard InChI is InChI=1S/C30H35FN6O6/c1-32-26-22(35-18-30(31,19-35)17-33-12-14-34(15-13-33)29(41)42)4-3-5-23(26)37(28(32)40)24-10-11-25(38)36(27(24)39)16-20-6-8-21(43-2)9-7-20/h3-9,24H,10-19H2,1-2H3,(H,41,42). The molecule has 1 aromatic heterocycles. The van der Waals surface area contributed by atoms with Gasteiger partial charge in [-0.2, -0.15) is 0 Å². The molecule has 228 valence electrons. The smallest absolute Gasteiger partial charge is 0.407 e. The van der Waals surface area contributed by atoms with Crippen LogP contribution in [0.5, 0.6) is 5.75 Å². The Balaban J connectivity index is 1.21. The van der Waals surface area contributed by atoms with Crippen molar-refractivity contribution in [1.29, 1.82) is 0 Å². The second-order valence-corrected chi connectivity index (χ2v) is 11.6. The summed E-state index contributed by atoms with van der Waals surface area (Å²) < 4.78 is 23.9. The number of alkyl halides is 1. The van der Waals surface area contributed by atoms with E-state index in [1.165, 1.54) is 18.9 Å². The summed E-state index contributed by atoms with van der Waals surface area (Å²) in [6.07, 6.45) is -0.611. The number of para-hydroxylation sites is 1. The number of ether oxygens (including phenoxy) is 1. The summed E-state index contributed by atoms with van der Waals surface area (Å²) in [6.45, 7) is 2.26. The summed E-state index contributed by atoms with van der Waals surface area (Å²) in [4.78, 5) is 57.7. The zero-order valence-electron chi connectivity index (χ0n) is 24.2. The first-order chi connectivity index (χ1) is 20.6. The lowest BCUT2D eigenvalue weighted by atomic mass is 9.94. The predicted octanol–water partition coefficient (Wildman–Crippen LogP) is 2.06. The van der Waals surface area contributed by atoms with Crippen LogP contribution in [0, 0.1) is 0 Å². The van der Waals surface area contributed by atoms with Gasteiger partial charge >= 0.3 is 11.8 Å². The molecule has 3 aliphatic heterocycles. The number of piperidine rings is 1. The minimum absolute atomic E-state index is 0.0979. The van der Waals surface area contributed by atoms with Gasteiger partial charge in [-0.25, -0.2) is 14.0 Å². The molecule has 12 nitrogen and oxygen atoms in total. The number of carbonyl (C=O) groups excluding carboxylic acids is 2. The molecular formula is C30H35FN6O6. The molecule has 3 amide bonds. The van der Waals surface area contributed by atoms with Crippen LogP contribution in [0.1, 0.15) is 24.4 Å². The number of piperazine rings is 1. The molecule has 1 atom stereocenters. The molecule has 3 saturated heterocycles. The maximum atomic E-state index is 15.7. The van der Waals surface area contributed by atoms with Gasteiger partial charge in [0.05, 0.1) is 43.5 Å². The van der Waals surface area contributed by atoms with E-state index in [-0.39, 0.29) is 50.6 Å². The van der Waals surface area contributed by atoms with Gasteiger partial charge in [-0.15, -0.1) is 0 Å². The Hall–Kier alpha value is -4.39. The van der Waals surface area contributed by atoms with Crippen molar-refractivity contribution in [3.8, 4) is 5.75 Å². The highest BCUT2D eigenvalue weighted by molar-refractivity contribution is 6.00. The van der Waals surface area contributed by atoms with E-state index in [9.17, 15) is 19.2 Å². The molecule has 3 aromatic rings. The predicted molar refractivity (Wildman–Crippen MR) is 156 cm³/mol. The molecule has 0 radical (unpaired) electrons. The van der Waals surface area contributed by atoms with Crippen molar-refractivity contribution in [2.45, 2.75) is 31.1 Å². The normalized spacial score (nSPS) is 20.9. The highest BCUT2D eigenvalue weighted by Gasteiger charge is 2.46.